The zero-order chi connectivity index (χ0) is 46.5. The van der Waals surface area contributed by atoms with Gasteiger partial charge in [-0.15, -0.1) is 0 Å². The molecule has 0 aliphatic heterocycles. The number of carbonyl (C=O) groups is 3. The number of allylic oxidation sites excluding steroid dienone is 4. The summed E-state index contributed by atoms with van der Waals surface area (Å²) in [5.74, 6) is -0.870. The Bertz CT molecular complexity index is 1040. The lowest BCUT2D eigenvalue weighted by atomic mass is 10.0. The van der Waals surface area contributed by atoms with Gasteiger partial charge >= 0.3 is 17.9 Å². The highest BCUT2D eigenvalue weighted by atomic mass is 16.6. The summed E-state index contributed by atoms with van der Waals surface area (Å²) in [4.78, 5) is 37.9. The third-order valence-corrected chi connectivity index (χ3v) is 12.7. The minimum Gasteiger partial charge on any atom is -0.462 e. The van der Waals surface area contributed by atoms with Crippen LogP contribution >= 0.6 is 0 Å². The molecule has 6 nitrogen and oxygen atoms in total. The summed E-state index contributed by atoms with van der Waals surface area (Å²) < 4.78 is 16.8. The summed E-state index contributed by atoms with van der Waals surface area (Å²) in [6.45, 7) is 6.62. The predicted molar refractivity (Wildman–Crippen MR) is 275 cm³/mol. The van der Waals surface area contributed by atoms with Crippen molar-refractivity contribution in [2.75, 3.05) is 13.2 Å². The van der Waals surface area contributed by atoms with Crippen molar-refractivity contribution in [2.24, 2.45) is 0 Å². The molecule has 0 amide bonds. The Hall–Kier alpha value is -2.11. The van der Waals surface area contributed by atoms with E-state index in [0.717, 1.165) is 64.2 Å². The summed E-state index contributed by atoms with van der Waals surface area (Å²) >= 11 is 0. The molecule has 0 rings (SSSR count). The molecule has 6 heteroatoms. The molecular weight excluding hydrogens is 793 g/mol. The van der Waals surface area contributed by atoms with Crippen molar-refractivity contribution in [3.63, 3.8) is 0 Å². The number of ether oxygens (including phenoxy) is 3. The first-order valence-electron chi connectivity index (χ1n) is 28.3. The van der Waals surface area contributed by atoms with E-state index in [1.165, 1.54) is 205 Å². The van der Waals surface area contributed by atoms with Crippen molar-refractivity contribution in [1.82, 2.24) is 0 Å². The van der Waals surface area contributed by atoms with Crippen LogP contribution in [0.1, 0.15) is 310 Å². The normalized spacial score (nSPS) is 12.1. The number of esters is 3. The Morgan fingerprint density at radius 2 is 0.516 bits per heavy atom. The van der Waals surface area contributed by atoms with Gasteiger partial charge in [-0.25, -0.2) is 0 Å². The van der Waals surface area contributed by atoms with E-state index in [0.29, 0.717) is 19.3 Å². The van der Waals surface area contributed by atoms with Crippen LogP contribution in [0, 0.1) is 0 Å². The van der Waals surface area contributed by atoms with E-state index < -0.39 is 6.10 Å². The summed E-state index contributed by atoms with van der Waals surface area (Å²) in [7, 11) is 0. The fourth-order valence-corrected chi connectivity index (χ4v) is 8.37. The number of rotatable bonds is 52. The molecule has 0 aromatic rings. The van der Waals surface area contributed by atoms with Gasteiger partial charge in [0, 0.05) is 19.3 Å². The van der Waals surface area contributed by atoms with E-state index in [4.69, 9.17) is 14.2 Å². The Balaban J connectivity index is 4.11. The minimum absolute atomic E-state index is 0.0709. The summed E-state index contributed by atoms with van der Waals surface area (Å²) in [5.41, 5.74) is 0. The Kier molecular flexibility index (Phi) is 51.7. The van der Waals surface area contributed by atoms with Crippen LogP contribution in [0.15, 0.2) is 24.3 Å². The monoisotopic (exact) mass is 901 g/mol. The zero-order valence-electron chi connectivity index (χ0n) is 43.1. The minimum atomic E-state index is -0.769. The molecule has 0 aliphatic carbocycles. The van der Waals surface area contributed by atoms with E-state index in [1.54, 1.807) is 0 Å². The van der Waals surface area contributed by atoms with E-state index in [9.17, 15) is 14.4 Å². The van der Waals surface area contributed by atoms with Crippen molar-refractivity contribution < 1.29 is 28.6 Å². The van der Waals surface area contributed by atoms with Crippen molar-refractivity contribution >= 4 is 17.9 Å². The van der Waals surface area contributed by atoms with Gasteiger partial charge in [0.2, 0.25) is 0 Å². The van der Waals surface area contributed by atoms with E-state index in [1.807, 2.05) is 0 Å². The maximum atomic E-state index is 12.8. The Morgan fingerprint density at radius 1 is 0.297 bits per heavy atom. The molecule has 0 aromatic carbocycles. The molecule has 0 fully saturated rings. The molecule has 0 N–H and O–H groups in total. The molecule has 0 heterocycles. The summed E-state index contributed by atoms with van der Waals surface area (Å²) in [6, 6.07) is 0. The lowest BCUT2D eigenvalue weighted by Crippen LogP contribution is -2.30. The van der Waals surface area contributed by atoms with Gasteiger partial charge in [0.05, 0.1) is 0 Å². The SMILES string of the molecule is CCCCCC/C=C\CCCCCCCC(=O)OC(COC(=O)CCCCCCCCCC)COC(=O)CCCCCCCCCCCCCCC/C=C\CCCCCCCCCC. The van der Waals surface area contributed by atoms with Gasteiger partial charge in [-0.3, -0.25) is 14.4 Å². The van der Waals surface area contributed by atoms with Crippen LogP contribution < -0.4 is 0 Å². The smallest absolute Gasteiger partial charge is 0.306 e. The number of hydrogen-bond acceptors (Lipinski definition) is 6. The van der Waals surface area contributed by atoms with E-state index >= 15 is 0 Å². The van der Waals surface area contributed by atoms with Crippen molar-refractivity contribution in [1.29, 1.82) is 0 Å². The summed E-state index contributed by atoms with van der Waals surface area (Å²) in [5, 5.41) is 0. The first-order valence-corrected chi connectivity index (χ1v) is 28.3. The van der Waals surface area contributed by atoms with Crippen LogP contribution in [0.2, 0.25) is 0 Å². The molecule has 0 radical (unpaired) electrons. The number of unbranched alkanes of at least 4 members (excludes halogenated alkanes) is 37. The lowest BCUT2D eigenvalue weighted by Gasteiger charge is -2.18. The molecule has 0 aromatic heterocycles. The van der Waals surface area contributed by atoms with Crippen molar-refractivity contribution in [3.05, 3.63) is 24.3 Å². The average molecular weight is 901 g/mol. The first kappa shape index (κ1) is 61.9. The molecular formula is C58H108O6. The van der Waals surface area contributed by atoms with E-state index in [-0.39, 0.29) is 31.1 Å². The van der Waals surface area contributed by atoms with Crippen LogP contribution in [0.4, 0.5) is 0 Å². The van der Waals surface area contributed by atoms with Crippen molar-refractivity contribution in [2.45, 2.75) is 316 Å². The second kappa shape index (κ2) is 53.5. The average Bonchev–Trinajstić information content (AvgIpc) is 3.29. The van der Waals surface area contributed by atoms with Gasteiger partial charge in [-0.1, -0.05) is 244 Å². The molecule has 376 valence electrons. The fraction of sp³-hybridized carbons (Fsp3) is 0.879. The van der Waals surface area contributed by atoms with Gasteiger partial charge in [0.25, 0.3) is 0 Å². The third-order valence-electron chi connectivity index (χ3n) is 12.7. The molecule has 1 unspecified atom stereocenters. The maximum Gasteiger partial charge on any atom is 0.306 e. The van der Waals surface area contributed by atoms with Crippen LogP contribution in [0.5, 0.6) is 0 Å². The highest BCUT2D eigenvalue weighted by Crippen LogP contribution is 2.16. The number of hydrogen-bond donors (Lipinski definition) is 0. The van der Waals surface area contributed by atoms with Gasteiger partial charge in [-0.05, 0) is 70.6 Å². The third kappa shape index (κ3) is 50.9. The molecule has 0 bridgehead atoms. The summed E-state index contributed by atoms with van der Waals surface area (Å²) in [6.07, 6.45) is 61.9. The van der Waals surface area contributed by atoms with Gasteiger partial charge < -0.3 is 14.2 Å². The van der Waals surface area contributed by atoms with Crippen LogP contribution in [0.25, 0.3) is 0 Å². The highest BCUT2D eigenvalue weighted by molar-refractivity contribution is 5.71. The largest absolute Gasteiger partial charge is 0.462 e. The molecule has 0 aliphatic rings. The van der Waals surface area contributed by atoms with Gasteiger partial charge in [0.15, 0.2) is 6.10 Å². The van der Waals surface area contributed by atoms with Crippen LogP contribution in [-0.4, -0.2) is 37.2 Å². The Morgan fingerprint density at radius 3 is 0.797 bits per heavy atom. The molecule has 0 saturated carbocycles. The molecule has 0 spiro atoms. The highest BCUT2D eigenvalue weighted by Gasteiger charge is 2.19. The Labute approximate surface area is 398 Å². The van der Waals surface area contributed by atoms with Gasteiger partial charge in [-0.2, -0.15) is 0 Å². The first-order chi connectivity index (χ1) is 31.5. The van der Waals surface area contributed by atoms with E-state index in [2.05, 4.69) is 45.1 Å². The topological polar surface area (TPSA) is 78.9 Å². The van der Waals surface area contributed by atoms with Crippen LogP contribution in [-0.2, 0) is 28.6 Å². The maximum absolute atomic E-state index is 12.8. The lowest BCUT2D eigenvalue weighted by molar-refractivity contribution is -0.167. The molecule has 0 saturated heterocycles. The number of carbonyl (C=O) groups excluding carboxylic acids is 3. The second-order valence-electron chi connectivity index (χ2n) is 19.2. The van der Waals surface area contributed by atoms with Crippen molar-refractivity contribution in [3.8, 4) is 0 Å². The standard InChI is InChI=1S/C58H108O6/c1-4-7-10-13-16-19-21-23-24-25-26-27-28-29-30-31-32-33-34-36-37-39-42-45-48-51-57(60)63-54-55(53-62-56(59)50-47-44-41-18-15-12-9-6-3)64-58(61)52-49-46-43-40-38-35-22-20-17-14-11-8-5-2/h20,22,25-26,55H,4-19,21,23-24,27-54H2,1-3H3/b22-20-,26-25-. The predicted octanol–water partition coefficient (Wildman–Crippen LogP) is 18.7. The molecule has 1 atom stereocenters. The fourth-order valence-electron chi connectivity index (χ4n) is 8.37. The zero-order valence-corrected chi connectivity index (χ0v) is 43.1. The van der Waals surface area contributed by atoms with Crippen LogP contribution in [0.3, 0.4) is 0 Å². The van der Waals surface area contributed by atoms with Gasteiger partial charge in [0.1, 0.15) is 13.2 Å². The second-order valence-corrected chi connectivity index (χ2v) is 19.2. The molecule has 64 heavy (non-hydrogen) atoms. The quantitative estimate of drug-likeness (QED) is 0.0262.